The first-order valence-electron chi connectivity index (χ1n) is 9.49. The van der Waals surface area contributed by atoms with Gasteiger partial charge in [-0.3, -0.25) is 25.1 Å². The molecule has 0 aliphatic carbocycles. The van der Waals surface area contributed by atoms with Gasteiger partial charge in [0.1, 0.15) is 0 Å². The normalized spacial score (nSPS) is 14.3. The summed E-state index contributed by atoms with van der Waals surface area (Å²) in [5, 5.41) is 22.0. The van der Waals surface area contributed by atoms with Gasteiger partial charge in [-0.15, -0.1) is 0 Å². The lowest BCUT2D eigenvalue weighted by atomic mass is 10.00. The molecule has 3 rings (SSSR count). The Labute approximate surface area is 173 Å². The number of benzene rings is 2. The predicted octanol–water partition coefficient (Wildman–Crippen LogP) is 2.62. The first-order valence-corrected chi connectivity index (χ1v) is 11.0. The fraction of sp³-hybridized carbons (Fsp3) is 0.368. The zero-order valence-electron chi connectivity index (χ0n) is 16.2. The van der Waals surface area contributed by atoms with Crippen molar-refractivity contribution in [1.29, 1.82) is 0 Å². The number of hydrogen-bond donors (Lipinski definition) is 1. The lowest BCUT2D eigenvalue weighted by Crippen LogP contribution is -2.32. The third kappa shape index (κ3) is 5.17. The zero-order chi connectivity index (χ0) is 21.7. The van der Waals surface area contributed by atoms with E-state index in [9.17, 15) is 28.6 Å². The number of sulfonamides is 1. The van der Waals surface area contributed by atoms with Gasteiger partial charge in [0.05, 0.1) is 15.9 Å². The number of fused-ring (bicyclic) bond motifs is 1. The van der Waals surface area contributed by atoms with E-state index in [1.807, 2.05) is 12.1 Å². The molecule has 0 spiro atoms. The Kier molecular flexibility index (Phi) is 6.75. The number of rotatable bonds is 9. The number of nitro groups is 2. The molecule has 1 heterocycles. The van der Waals surface area contributed by atoms with Gasteiger partial charge in [0.15, 0.2) is 4.90 Å². The van der Waals surface area contributed by atoms with Crippen LogP contribution in [0.4, 0.5) is 11.4 Å². The minimum Gasteiger partial charge on any atom is -0.299 e. The van der Waals surface area contributed by atoms with Crippen molar-refractivity contribution in [3.05, 3.63) is 73.8 Å². The van der Waals surface area contributed by atoms with E-state index < -0.39 is 36.1 Å². The van der Waals surface area contributed by atoms with Gasteiger partial charge in [0.2, 0.25) is 10.0 Å². The Morgan fingerprint density at radius 2 is 1.73 bits per heavy atom. The Morgan fingerprint density at radius 3 is 2.43 bits per heavy atom. The summed E-state index contributed by atoms with van der Waals surface area (Å²) in [6.45, 7) is 2.78. The van der Waals surface area contributed by atoms with Crippen molar-refractivity contribution in [2.75, 3.05) is 19.6 Å². The van der Waals surface area contributed by atoms with Crippen LogP contribution in [0.25, 0.3) is 0 Å². The van der Waals surface area contributed by atoms with E-state index in [1.165, 1.54) is 11.1 Å². The molecule has 0 saturated heterocycles. The van der Waals surface area contributed by atoms with Crippen LogP contribution < -0.4 is 4.72 Å². The lowest BCUT2D eigenvalue weighted by Gasteiger charge is -2.28. The molecule has 0 amide bonds. The highest BCUT2D eigenvalue weighted by Gasteiger charge is 2.28. The van der Waals surface area contributed by atoms with Gasteiger partial charge in [-0.1, -0.05) is 24.3 Å². The van der Waals surface area contributed by atoms with Crippen LogP contribution >= 0.6 is 0 Å². The second-order valence-corrected chi connectivity index (χ2v) is 8.80. The first-order chi connectivity index (χ1) is 14.3. The summed E-state index contributed by atoms with van der Waals surface area (Å²) in [5.41, 5.74) is 1.33. The topological polar surface area (TPSA) is 136 Å². The highest BCUT2D eigenvalue weighted by Crippen LogP contribution is 2.28. The van der Waals surface area contributed by atoms with Crippen molar-refractivity contribution >= 4 is 21.4 Å². The molecular weight excluding hydrogens is 412 g/mol. The maximum atomic E-state index is 12.4. The second-order valence-electron chi connectivity index (χ2n) is 7.07. The third-order valence-corrected chi connectivity index (χ3v) is 6.55. The van der Waals surface area contributed by atoms with Gasteiger partial charge in [0, 0.05) is 25.7 Å². The van der Waals surface area contributed by atoms with E-state index in [0.717, 1.165) is 44.6 Å². The summed E-state index contributed by atoms with van der Waals surface area (Å²) in [7, 11) is -4.15. The van der Waals surface area contributed by atoms with Crippen molar-refractivity contribution in [3.63, 3.8) is 0 Å². The summed E-state index contributed by atoms with van der Waals surface area (Å²) in [6.07, 6.45) is 2.33. The average molecular weight is 434 g/mol. The van der Waals surface area contributed by atoms with Crippen LogP contribution in [0.1, 0.15) is 24.0 Å². The fourth-order valence-corrected chi connectivity index (χ4v) is 4.70. The molecule has 1 N–H and O–H groups in total. The molecular formula is C19H22N4O6S. The summed E-state index contributed by atoms with van der Waals surface area (Å²) >= 11 is 0. The van der Waals surface area contributed by atoms with Crippen LogP contribution in [-0.2, 0) is 23.0 Å². The highest BCUT2D eigenvalue weighted by atomic mass is 32.2. The van der Waals surface area contributed by atoms with E-state index in [-0.39, 0.29) is 6.54 Å². The maximum absolute atomic E-state index is 12.4. The number of hydrogen-bond acceptors (Lipinski definition) is 7. The van der Waals surface area contributed by atoms with Crippen molar-refractivity contribution in [2.45, 2.75) is 30.7 Å². The standard InChI is InChI=1S/C19H22N4O6S/c24-22(25)17-7-8-19(18(13-17)23(26)27)30(28,29)20-10-3-4-11-21-12-9-15-5-1-2-6-16(15)14-21/h1-2,5-8,13,20H,3-4,9-12,14H2. The molecule has 0 unspecified atom stereocenters. The monoisotopic (exact) mass is 434 g/mol. The third-order valence-electron chi connectivity index (χ3n) is 5.04. The van der Waals surface area contributed by atoms with E-state index >= 15 is 0 Å². The van der Waals surface area contributed by atoms with Crippen LogP contribution in [0.5, 0.6) is 0 Å². The molecule has 0 atom stereocenters. The van der Waals surface area contributed by atoms with Gasteiger partial charge in [-0.05, 0) is 43.0 Å². The van der Waals surface area contributed by atoms with Crippen LogP contribution in [0.15, 0.2) is 47.4 Å². The van der Waals surface area contributed by atoms with Crippen molar-refractivity contribution < 1.29 is 18.3 Å². The van der Waals surface area contributed by atoms with Crippen LogP contribution in [-0.4, -0.2) is 42.8 Å². The SMILES string of the molecule is O=[N+]([O-])c1ccc(S(=O)(=O)NCCCCN2CCc3ccccc3C2)c([N+](=O)[O-])c1. The number of unbranched alkanes of at least 4 members (excludes halogenated alkanes) is 1. The van der Waals surface area contributed by atoms with Crippen LogP contribution in [0.3, 0.4) is 0 Å². The van der Waals surface area contributed by atoms with Crippen molar-refractivity contribution in [3.8, 4) is 0 Å². The molecule has 10 nitrogen and oxygen atoms in total. The quantitative estimate of drug-likeness (QED) is 0.364. The van der Waals surface area contributed by atoms with E-state index in [4.69, 9.17) is 0 Å². The molecule has 30 heavy (non-hydrogen) atoms. The Morgan fingerprint density at radius 1 is 1.00 bits per heavy atom. The van der Waals surface area contributed by atoms with E-state index in [2.05, 4.69) is 21.8 Å². The lowest BCUT2D eigenvalue weighted by molar-refractivity contribution is -0.396. The molecule has 11 heteroatoms. The molecule has 1 aliphatic heterocycles. The number of nitrogens with zero attached hydrogens (tertiary/aromatic N) is 3. The van der Waals surface area contributed by atoms with Gasteiger partial charge in [-0.2, -0.15) is 0 Å². The molecule has 0 saturated carbocycles. The van der Waals surface area contributed by atoms with Gasteiger partial charge in [-0.25, -0.2) is 13.1 Å². The Hall–Kier alpha value is -2.89. The van der Waals surface area contributed by atoms with Crippen LogP contribution in [0, 0.1) is 20.2 Å². The van der Waals surface area contributed by atoms with E-state index in [0.29, 0.717) is 12.5 Å². The van der Waals surface area contributed by atoms with Crippen LogP contribution in [0.2, 0.25) is 0 Å². The summed E-state index contributed by atoms with van der Waals surface area (Å²) < 4.78 is 27.2. The van der Waals surface area contributed by atoms with Gasteiger partial charge >= 0.3 is 0 Å². The van der Waals surface area contributed by atoms with Gasteiger partial charge < -0.3 is 0 Å². The molecule has 0 fully saturated rings. The molecule has 160 valence electrons. The predicted molar refractivity (Wildman–Crippen MR) is 110 cm³/mol. The number of nitro benzene ring substituents is 2. The van der Waals surface area contributed by atoms with E-state index in [1.54, 1.807) is 0 Å². The summed E-state index contributed by atoms with van der Waals surface area (Å²) in [5.74, 6) is 0. The fourth-order valence-electron chi connectivity index (χ4n) is 3.48. The molecule has 2 aromatic carbocycles. The molecule has 0 aromatic heterocycles. The summed E-state index contributed by atoms with van der Waals surface area (Å²) in [6, 6.07) is 10.8. The minimum absolute atomic E-state index is 0.126. The summed E-state index contributed by atoms with van der Waals surface area (Å²) in [4.78, 5) is 22.0. The minimum atomic E-state index is -4.15. The second kappa shape index (κ2) is 9.28. The smallest absolute Gasteiger partial charge is 0.296 e. The van der Waals surface area contributed by atoms with Crippen molar-refractivity contribution in [2.24, 2.45) is 0 Å². The first kappa shape index (κ1) is 21.8. The average Bonchev–Trinajstić information content (AvgIpc) is 2.72. The molecule has 1 aliphatic rings. The Balaban J connectivity index is 1.52. The number of nitrogens with one attached hydrogen (secondary N) is 1. The number of non-ortho nitro benzene ring substituents is 1. The zero-order valence-corrected chi connectivity index (χ0v) is 17.0. The maximum Gasteiger partial charge on any atom is 0.296 e. The molecule has 0 bridgehead atoms. The highest BCUT2D eigenvalue weighted by molar-refractivity contribution is 7.89. The Bertz CT molecular complexity index is 1060. The molecule has 0 radical (unpaired) electrons. The molecule has 2 aromatic rings. The van der Waals surface area contributed by atoms with Gasteiger partial charge in [0.25, 0.3) is 11.4 Å². The largest absolute Gasteiger partial charge is 0.299 e. The van der Waals surface area contributed by atoms with Crippen molar-refractivity contribution in [1.82, 2.24) is 9.62 Å².